The standard InChI is InChI=1S/C18H21N7O6/c1-3-19-10-17(24(28)29)21(12-19)8-14-5-15(7-16(6-14)23(26)27)9-22-13-20(4-2)11-18(22)25(30)31/h5-7,10-13H,3-4,8-9H2,1-2H3/q+2. The summed E-state index contributed by atoms with van der Waals surface area (Å²) >= 11 is 0. The second-order valence-corrected chi connectivity index (χ2v) is 6.90. The third-order valence-corrected chi connectivity index (χ3v) is 4.78. The maximum atomic E-state index is 11.4. The van der Waals surface area contributed by atoms with Crippen LogP contribution < -0.4 is 9.13 Å². The Kier molecular flexibility index (Phi) is 6.04. The van der Waals surface area contributed by atoms with Crippen molar-refractivity contribution < 1.29 is 23.9 Å². The maximum absolute atomic E-state index is 11.4. The van der Waals surface area contributed by atoms with E-state index in [4.69, 9.17) is 0 Å². The molecule has 13 heteroatoms. The SMILES string of the molecule is CC[n+]1cc([N+](=O)[O-])n(Cc2cc(Cn3c[n+](CC)cc3[N+](=O)[O-])cc([N+](=O)[O-])c2)c1. The van der Waals surface area contributed by atoms with Crippen molar-refractivity contribution in [3.63, 3.8) is 0 Å². The minimum atomic E-state index is -0.556. The van der Waals surface area contributed by atoms with Gasteiger partial charge in [0, 0.05) is 23.3 Å². The molecule has 0 fully saturated rings. The van der Waals surface area contributed by atoms with Gasteiger partial charge >= 0.3 is 11.6 Å². The summed E-state index contributed by atoms with van der Waals surface area (Å²) in [5.74, 6) is -0.278. The van der Waals surface area contributed by atoms with Gasteiger partial charge in [-0.25, -0.2) is 9.13 Å². The molecule has 0 amide bonds. The van der Waals surface area contributed by atoms with E-state index in [0.29, 0.717) is 24.2 Å². The van der Waals surface area contributed by atoms with Crippen LogP contribution in [-0.4, -0.2) is 23.9 Å². The Bertz CT molecular complexity index is 1090. The van der Waals surface area contributed by atoms with E-state index in [0.717, 1.165) is 0 Å². The fourth-order valence-corrected chi connectivity index (χ4v) is 3.31. The van der Waals surface area contributed by atoms with Gasteiger partial charge in [-0.05, 0) is 29.8 Å². The lowest BCUT2D eigenvalue weighted by Gasteiger charge is -2.05. The predicted octanol–water partition coefficient (Wildman–Crippen LogP) is 1.73. The van der Waals surface area contributed by atoms with Crippen LogP contribution in [0.1, 0.15) is 25.0 Å². The first-order valence-corrected chi connectivity index (χ1v) is 9.46. The molecule has 31 heavy (non-hydrogen) atoms. The normalized spacial score (nSPS) is 10.9. The number of rotatable bonds is 9. The molecule has 3 aromatic rings. The summed E-state index contributed by atoms with van der Waals surface area (Å²) in [6.07, 6.45) is 5.92. The highest BCUT2D eigenvalue weighted by Gasteiger charge is 2.22. The number of benzene rings is 1. The molecule has 0 aliphatic carbocycles. The minimum absolute atomic E-state index is 0.0424. The average Bonchev–Trinajstić information content (AvgIpc) is 3.31. The highest BCUT2D eigenvalue weighted by Crippen LogP contribution is 2.22. The third-order valence-electron chi connectivity index (χ3n) is 4.78. The van der Waals surface area contributed by atoms with Crippen LogP contribution in [0.5, 0.6) is 0 Å². The summed E-state index contributed by atoms with van der Waals surface area (Å²) in [6, 6.07) is 4.35. The first-order chi connectivity index (χ1) is 14.7. The van der Waals surface area contributed by atoms with E-state index in [1.54, 1.807) is 27.9 Å². The van der Waals surface area contributed by atoms with Crippen LogP contribution >= 0.6 is 0 Å². The van der Waals surface area contributed by atoms with Crippen LogP contribution in [0.25, 0.3) is 0 Å². The lowest BCUT2D eigenvalue weighted by Crippen LogP contribution is -2.29. The minimum Gasteiger partial charge on any atom is -0.358 e. The van der Waals surface area contributed by atoms with E-state index in [2.05, 4.69) is 0 Å². The lowest BCUT2D eigenvalue weighted by molar-refractivity contribution is -0.694. The van der Waals surface area contributed by atoms with Gasteiger partial charge in [0.25, 0.3) is 5.69 Å². The number of hydrogen-bond donors (Lipinski definition) is 0. The molecule has 0 spiro atoms. The summed E-state index contributed by atoms with van der Waals surface area (Å²) in [5.41, 5.74) is 0.762. The van der Waals surface area contributed by atoms with E-state index in [-0.39, 0.29) is 30.4 Å². The van der Waals surface area contributed by atoms with E-state index in [9.17, 15) is 30.3 Å². The Morgan fingerprint density at radius 2 is 1.16 bits per heavy atom. The summed E-state index contributed by atoms with van der Waals surface area (Å²) in [7, 11) is 0. The smallest absolute Gasteiger partial charge is 0.358 e. The monoisotopic (exact) mass is 431 g/mol. The van der Waals surface area contributed by atoms with Crippen LogP contribution in [0.3, 0.4) is 0 Å². The molecule has 3 rings (SSSR count). The molecule has 0 aliphatic rings. The highest BCUT2D eigenvalue weighted by atomic mass is 16.6. The van der Waals surface area contributed by atoms with Gasteiger partial charge < -0.3 is 20.2 Å². The first-order valence-electron chi connectivity index (χ1n) is 9.46. The molecule has 1 aromatic carbocycles. The molecule has 162 valence electrons. The zero-order valence-electron chi connectivity index (χ0n) is 16.9. The number of aromatic nitrogens is 4. The molecule has 2 aromatic heterocycles. The van der Waals surface area contributed by atoms with Crippen LogP contribution in [-0.2, 0) is 26.2 Å². The molecule has 0 saturated heterocycles. The Morgan fingerprint density at radius 1 is 0.742 bits per heavy atom. The van der Waals surface area contributed by atoms with Crippen molar-refractivity contribution in [2.45, 2.75) is 40.0 Å². The second kappa shape index (κ2) is 8.69. The van der Waals surface area contributed by atoms with Crippen molar-refractivity contribution in [3.8, 4) is 0 Å². The van der Waals surface area contributed by atoms with Gasteiger partial charge in [0.15, 0.2) is 12.4 Å². The van der Waals surface area contributed by atoms with Gasteiger partial charge in [0.2, 0.25) is 12.7 Å². The molecule has 0 bridgehead atoms. The lowest BCUT2D eigenvalue weighted by atomic mass is 10.1. The predicted molar refractivity (Wildman–Crippen MR) is 105 cm³/mol. The van der Waals surface area contributed by atoms with E-state index < -0.39 is 14.8 Å². The summed E-state index contributed by atoms with van der Waals surface area (Å²) in [4.78, 5) is 32.5. The van der Waals surface area contributed by atoms with Gasteiger partial charge in [0.1, 0.15) is 13.1 Å². The van der Waals surface area contributed by atoms with Gasteiger partial charge in [-0.15, -0.1) is 0 Å². The summed E-state index contributed by atoms with van der Waals surface area (Å²) in [5, 5.41) is 34.1. The Balaban J connectivity index is 2.01. The average molecular weight is 431 g/mol. The maximum Gasteiger partial charge on any atom is 0.365 e. The van der Waals surface area contributed by atoms with E-state index in [1.807, 2.05) is 13.8 Å². The number of aryl methyl sites for hydroxylation is 2. The number of nitro groups is 3. The molecule has 0 N–H and O–H groups in total. The van der Waals surface area contributed by atoms with Crippen LogP contribution in [0.2, 0.25) is 0 Å². The van der Waals surface area contributed by atoms with E-state index in [1.165, 1.54) is 33.7 Å². The van der Waals surface area contributed by atoms with Crippen molar-refractivity contribution in [2.75, 3.05) is 0 Å². The number of nitro benzene ring substituents is 1. The van der Waals surface area contributed by atoms with Gasteiger partial charge in [-0.2, -0.15) is 9.13 Å². The fourth-order valence-electron chi connectivity index (χ4n) is 3.31. The summed E-state index contributed by atoms with van der Waals surface area (Å²) in [6.45, 7) is 4.82. The molecule has 0 aliphatic heterocycles. The molecule has 0 saturated carbocycles. The Morgan fingerprint density at radius 3 is 1.48 bits per heavy atom. The molecule has 0 radical (unpaired) electrons. The molecule has 0 unspecified atom stereocenters. The Labute approximate surface area is 175 Å². The van der Waals surface area contributed by atoms with Crippen molar-refractivity contribution in [1.82, 2.24) is 9.13 Å². The van der Waals surface area contributed by atoms with E-state index >= 15 is 0 Å². The quantitative estimate of drug-likeness (QED) is 0.286. The largest absolute Gasteiger partial charge is 0.365 e. The van der Waals surface area contributed by atoms with Crippen LogP contribution in [0.15, 0.2) is 43.2 Å². The molecule has 2 heterocycles. The summed E-state index contributed by atoms with van der Waals surface area (Å²) < 4.78 is 6.08. The zero-order valence-corrected chi connectivity index (χ0v) is 16.9. The van der Waals surface area contributed by atoms with Crippen molar-refractivity contribution in [1.29, 1.82) is 0 Å². The third kappa shape index (κ3) is 4.71. The van der Waals surface area contributed by atoms with Crippen LogP contribution in [0.4, 0.5) is 17.3 Å². The van der Waals surface area contributed by atoms with Gasteiger partial charge in [-0.1, -0.05) is 0 Å². The highest BCUT2D eigenvalue weighted by molar-refractivity contribution is 5.40. The van der Waals surface area contributed by atoms with Gasteiger partial charge in [0.05, 0.1) is 18.0 Å². The van der Waals surface area contributed by atoms with Crippen molar-refractivity contribution in [3.05, 3.63) is 84.7 Å². The molecular weight excluding hydrogens is 410 g/mol. The van der Waals surface area contributed by atoms with Crippen LogP contribution in [0, 0.1) is 30.3 Å². The fraction of sp³-hybridized carbons (Fsp3) is 0.333. The topological polar surface area (TPSA) is 147 Å². The zero-order chi connectivity index (χ0) is 22.7. The molecule has 13 nitrogen and oxygen atoms in total. The van der Waals surface area contributed by atoms with Gasteiger partial charge in [-0.3, -0.25) is 10.1 Å². The molecule has 0 atom stereocenters. The number of imidazole rings is 2. The Hall–Kier alpha value is -4.16. The number of non-ortho nitro benzene ring substituents is 1. The number of nitrogens with zero attached hydrogens (tertiary/aromatic N) is 7. The number of hydrogen-bond acceptors (Lipinski definition) is 6. The molecular formula is C18H21N7O6+2. The second-order valence-electron chi connectivity index (χ2n) is 6.90. The first kappa shape index (κ1) is 21.5. The van der Waals surface area contributed by atoms with Crippen molar-refractivity contribution in [2.24, 2.45) is 0 Å². The van der Waals surface area contributed by atoms with Crippen molar-refractivity contribution >= 4 is 17.3 Å².